The Bertz CT molecular complexity index is 573. The van der Waals surface area contributed by atoms with Gasteiger partial charge >= 0.3 is 0 Å². The summed E-state index contributed by atoms with van der Waals surface area (Å²) in [5.74, 6) is -3.63. The Labute approximate surface area is 109 Å². The SMILES string of the molecule is CC(=O)c1cccc(S(=O)(=O)NCC(F)(F)CN)c1. The van der Waals surface area contributed by atoms with Gasteiger partial charge in [0, 0.05) is 5.56 Å². The molecule has 0 fully saturated rings. The van der Waals surface area contributed by atoms with Crippen molar-refractivity contribution in [2.24, 2.45) is 5.73 Å². The molecule has 8 heteroatoms. The number of alkyl halides is 2. The Balaban J connectivity index is 2.95. The van der Waals surface area contributed by atoms with Gasteiger partial charge in [-0.1, -0.05) is 12.1 Å². The van der Waals surface area contributed by atoms with E-state index < -0.39 is 29.0 Å². The van der Waals surface area contributed by atoms with Crippen molar-refractivity contribution in [2.45, 2.75) is 17.7 Å². The van der Waals surface area contributed by atoms with E-state index in [1.54, 1.807) is 4.72 Å². The smallest absolute Gasteiger partial charge is 0.273 e. The van der Waals surface area contributed by atoms with Crippen LogP contribution in [-0.4, -0.2) is 33.2 Å². The second-order valence-corrected chi connectivity index (χ2v) is 5.74. The van der Waals surface area contributed by atoms with Crippen LogP contribution in [0.5, 0.6) is 0 Å². The first-order valence-corrected chi connectivity index (χ1v) is 6.85. The summed E-state index contributed by atoms with van der Waals surface area (Å²) in [5.41, 5.74) is 5.00. The maximum Gasteiger partial charge on any atom is 0.273 e. The summed E-state index contributed by atoms with van der Waals surface area (Å²) in [6.45, 7) is -0.763. The maximum atomic E-state index is 12.9. The van der Waals surface area contributed by atoms with Crippen molar-refractivity contribution >= 4 is 15.8 Å². The lowest BCUT2D eigenvalue weighted by molar-refractivity contribution is 0.0170. The summed E-state index contributed by atoms with van der Waals surface area (Å²) in [4.78, 5) is 10.9. The molecule has 0 heterocycles. The van der Waals surface area contributed by atoms with E-state index in [-0.39, 0.29) is 16.2 Å². The number of halogens is 2. The van der Waals surface area contributed by atoms with Crippen molar-refractivity contribution in [1.29, 1.82) is 0 Å². The molecule has 0 unspecified atom stereocenters. The topological polar surface area (TPSA) is 89.3 Å². The molecule has 0 atom stereocenters. The van der Waals surface area contributed by atoms with Crippen LogP contribution in [0.25, 0.3) is 0 Å². The predicted octanol–water partition coefficient (Wildman–Crippen LogP) is 0.762. The molecule has 0 aromatic heterocycles. The summed E-state index contributed by atoms with van der Waals surface area (Å²) < 4.78 is 51.1. The average molecular weight is 292 g/mol. The van der Waals surface area contributed by atoms with Crippen LogP contribution < -0.4 is 10.5 Å². The zero-order valence-electron chi connectivity index (χ0n) is 10.2. The lowest BCUT2D eigenvalue weighted by atomic mass is 10.2. The molecule has 1 rings (SSSR count). The van der Waals surface area contributed by atoms with Crippen LogP contribution in [0.3, 0.4) is 0 Å². The van der Waals surface area contributed by atoms with E-state index in [1.165, 1.54) is 25.1 Å². The van der Waals surface area contributed by atoms with Gasteiger partial charge in [-0.05, 0) is 19.1 Å². The standard InChI is InChI=1S/C11H14F2N2O3S/c1-8(16)9-3-2-4-10(5-9)19(17,18)15-7-11(12,13)6-14/h2-5,15H,6-7,14H2,1H3. The largest absolute Gasteiger partial charge is 0.325 e. The second kappa shape index (κ2) is 5.72. The molecule has 3 N–H and O–H groups in total. The highest BCUT2D eigenvalue weighted by atomic mass is 32.2. The molecule has 0 aliphatic heterocycles. The third-order valence-electron chi connectivity index (χ3n) is 2.37. The zero-order valence-corrected chi connectivity index (χ0v) is 11.0. The molecule has 19 heavy (non-hydrogen) atoms. The van der Waals surface area contributed by atoms with E-state index in [1.807, 2.05) is 0 Å². The average Bonchev–Trinajstić information content (AvgIpc) is 2.37. The number of nitrogens with two attached hydrogens (primary N) is 1. The summed E-state index contributed by atoms with van der Waals surface area (Å²) >= 11 is 0. The molecule has 0 spiro atoms. The molecule has 1 aromatic carbocycles. The summed E-state index contributed by atoms with van der Waals surface area (Å²) in [6, 6.07) is 5.16. The molecule has 0 amide bonds. The summed E-state index contributed by atoms with van der Waals surface area (Å²) in [6.07, 6.45) is 0. The van der Waals surface area contributed by atoms with Crippen molar-refractivity contribution in [1.82, 2.24) is 4.72 Å². The van der Waals surface area contributed by atoms with Gasteiger partial charge in [0.15, 0.2) is 5.78 Å². The Hall–Kier alpha value is -1.38. The van der Waals surface area contributed by atoms with Crippen LogP contribution in [0.4, 0.5) is 8.78 Å². The molecule has 106 valence electrons. The molecule has 0 saturated carbocycles. The monoisotopic (exact) mass is 292 g/mol. The van der Waals surface area contributed by atoms with Crippen LogP contribution in [0.15, 0.2) is 29.2 Å². The van der Waals surface area contributed by atoms with Gasteiger partial charge in [0.1, 0.15) is 0 Å². The molecule has 0 saturated heterocycles. The molecule has 0 aliphatic rings. The zero-order chi connectivity index (χ0) is 14.7. The minimum absolute atomic E-state index is 0.188. The third kappa shape index (κ3) is 4.34. The molecule has 0 aliphatic carbocycles. The number of hydrogen-bond donors (Lipinski definition) is 2. The first-order chi connectivity index (χ1) is 8.68. The van der Waals surface area contributed by atoms with Gasteiger partial charge < -0.3 is 5.73 Å². The minimum Gasteiger partial charge on any atom is -0.325 e. The van der Waals surface area contributed by atoms with Gasteiger partial charge in [-0.3, -0.25) is 4.79 Å². The quantitative estimate of drug-likeness (QED) is 0.758. The number of ketones is 1. The van der Waals surface area contributed by atoms with Gasteiger partial charge in [0.25, 0.3) is 5.92 Å². The van der Waals surface area contributed by atoms with Gasteiger partial charge in [0.2, 0.25) is 10.0 Å². The fourth-order valence-corrected chi connectivity index (χ4v) is 2.35. The van der Waals surface area contributed by atoms with Crippen LogP contribution in [0, 0.1) is 0 Å². The highest BCUT2D eigenvalue weighted by molar-refractivity contribution is 7.89. The number of sulfonamides is 1. The lowest BCUT2D eigenvalue weighted by Crippen LogP contribution is -2.41. The Kier molecular flexibility index (Phi) is 4.72. The maximum absolute atomic E-state index is 12.9. The first-order valence-electron chi connectivity index (χ1n) is 5.36. The number of carbonyl (C=O) groups is 1. The lowest BCUT2D eigenvalue weighted by Gasteiger charge is -2.14. The number of Topliss-reactive ketones (excluding diaryl/α,β-unsaturated/α-hetero) is 1. The highest BCUT2D eigenvalue weighted by Gasteiger charge is 2.29. The van der Waals surface area contributed by atoms with E-state index in [0.29, 0.717) is 0 Å². The number of carbonyl (C=O) groups excluding carboxylic acids is 1. The molecular weight excluding hydrogens is 278 g/mol. The van der Waals surface area contributed by atoms with Gasteiger partial charge in [-0.25, -0.2) is 21.9 Å². The molecule has 1 aromatic rings. The first kappa shape index (κ1) is 15.7. The van der Waals surface area contributed by atoms with Crippen molar-refractivity contribution < 1.29 is 22.0 Å². The van der Waals surface area contributed by atoms with Crippen LogP contribution >= 0.6 is 0 Å². The highest BCUT2D eigenvalue weighted by Crippen LogP contribution is 2.14. The number of benzene rings is 1. The minimum atomic E-state index is -4.10. The second-order valence-electron chi connectivity index (χ2n) is 3.97. The van der Waals surface area contributed by atoms with Crippen LogP contribution in [0.1, 0.15) is 17.3 Å². The van der Waals surface area contributed by atoms with Crippen molar-refractivity contribution in [3.8, 4) is 0 Å². The molecule has 5 nitrogen and oxygen atoms in total. The normalized spacial score (nSPS) is 12.4. The number of hydrogen-bond acceptors (Lipinski definition) is 4. The van der Waals surface area contributed by atoms with E-state index in [2.05, 4.69) is 0 Å². The van der Waals surface area contributed by atoms with Gasteiger partial charge in [-0.2, -0.15) is 0 Å². The third-order valence-corrected chi connectivity index (χ3v) is 3.77. The molecule has 0 bridgehead atoms. The number of rotatable bonds is 6. The van der Waals surface area contributed by atoms with E-state index in [0.717, 1.165) is 6.07 Å². The summed E-state index contributed by atoms with van der Waals surface area (Å²) in [5, 5.41) is 0. The fraction of sp³-hybridized carbons (Fsp3) is 0.364. The predicted molar refractivity (Wildman–Crippen MR) is 65.6 cm³/mol. The van der Waals surface area contributed by atoms with E-state index >= 15 is 0 Å². The van der Waals surface area contributed by atoms with Crippen molar-refractivity contribution in [2.75, 3.05) is 13.1 Å². The molecule has 0 radical (unpaired) electrons. The van der Waals surface area contributed by atoms with Gasteiger partial charge in [0.05, 0.1) is 18.0 Å². The number of nitrogens with one attached hydrogen (secondary N) is 1. The Morgan fingerprint density at radius 2 is 2.05 bits per heavy atom. The van der Waals surface area contributed by atoms with Crippen LogP contribution in [-0.2, 0) is 10.0 Å². The van der Waals surface area contributed by atoms with E-state index in [9.17, 15) is 22.0 Å². The van der Waals surface area contributed by atoms with E-state index in [4.69, 9.17) is 5.73 Å². The van der Waals surface area contributed by atoms with Crippen LogP contribution in [0.2, 0.25) is 0 Å². The van der Waals surface area contributed by atoms with Gasteiger partial charge in [-0.15, -0.1) is 0 Å². The molecular formula is C11H14F2N2O3S. The van der Waals surface area contributed by atoms with Crippen molar-refractivity contribution in [3.63, 3.8) is 0 Å². The summed E-state index contributed by atoms with van der Waals surface area (Å²) in [7, 11) is -4.10. The Morgan fingerprint density at radius 1 is 1.42 bits per heavy atom. The Morgan fingerprint density at radius 3 is 2.58 bits per heavy atom. The van der Waals surface area contributed by atoms with Crippen molar-refractivity contribution in [3.05, 3.63) is 29.8 Å². The fourth-order valence-electron chi connectivity index (χ4n) is 1.24.